The molecule has 2 aliphatic rings. The maximum atomic E-state index is 13.5. The maximum Gasteiger partial charge on any atom is 0.266 e. The van der Waals surface area contributed by atoms with E-state index in [2.05, 4.69) is 9.98 Å². The van der Waals surface area contributed by atoms with Gasteiger partial charge < -0.3 is 15.2 Å². The molecule has 0 aliphatic carbocycles. The molecule has 29 heavy (non-hydrogen) atoms. The van der Waals surface area contributed by atoms with Crippen LogP contribution in [-0.4, -0.2) is 35.9 Å². The first-order chi connectivity index (χ1) is 14.0. The van der Waals surface area contributed by atoms with Crippen LogP contribution in [0.4, 0.5) is 0 Å². The molecule has 7 nitrogen and oxygen atoms in total. The van der Waals surface area contributed by atoms with Crippen molar-refractivity contribution in [3.8, 4) is 28.4 Å². The molecule has 0 fully saturated rings. The lowest BCUT2D eigenvalue weighted by Gasteiger charge is -2.34. The Kier molecular flexibility index (Phi) is 3.61. The van der Waals surface area contributed by atoms with Crippen molar-refractivity contribution in [3.05, 3.63) is 72.1 Å². The molecular weight excluding hydrogens is 368 g/mol. The summed E-state index contributed by atoms with van der Waals surface area (Å²) >= 11 is 0. The topological polar surface area (TPSA) is 90.0 Å². The molecule has 7 heteroatoms. The second-order valence-corrected chi connectivity index (χ2v) is 6.96. The van der Waals surface area contributed by atoms with Crippen LogP contribution in [0, 0.1) is 0 Å². The van der Waals surface area contributed by atoms with Gasteiger partial charge in [-0.05, 0) is 42.0 Å². The number of aliphatic imine (C=N–C) groups is 1. The summed E-state index contributed by atoms with van der Waals surface area (Å²) in [6.45, 7) is 0. The fraction of sp³-hybridized carbons (Fsp3) is 0.136. The lowest BCUT2D eigenvalue weighted by Crippen LogP contribution is -2.42. The van der Waals surface area contributed by atoms with Gasteiger partial charge in [0.2, 0.25) is 5.54 Å². The van der Waals surface area contributed by atoms with Gasteiger partial charge in [-0.3, -0.25) is 14.7 Å². The fourth-order valence-electron chi connectivity index (χ4n) is 3.88. The number of guanidine groups is 1. The monoisotopic (exact) mass is 386 g/mol. The van der Waals surface area contributed by atoms with E-state index in [0.29, 0.717) is 28.4 Å². The van der Waals surface area contributed by atoms with Crippen molar-refractivity contribution in [2.45, 2.75) is 5.54 Å². The van der Waals surface area contributed by atoms with E-state index in [1.54, 1.807) is 44.8 Å². The van der Waals surface area contributed by atoms with Crippen LogP contribution < -0.4 is 15.2 Å². The number of carbonyl (C=O) groups is 1. The van der Waals surface area contributed by atoms with Crippen molar-refractivity contribution in [2.75, 3.05) is 14.2 Å². The Bertz CT molecular complexity index is 1180. The highest BCUT2D eigenvalue weighted by Crippen LogP contribution is 2.53. The molecule has 3 aromatic rings. The number of amides is 1. The van der Waals surface area contributed by atoms with E-state index in [4.69, 9.17) is 15.2 Å². The lowest BCUT2D eigenvalue weighted by molar-refractivity contribution is -0.129. The summed E-state index contributed by atoms with van der Waals surface area (Å²) in [4.78, 5) is 23.7. The maximum absolute atomic E-state index is 13.5. The smallest absolute Gasteiger partial charge is 0.266 e. The molecule has 1 amide bonds. The summed E-state index contributed by atoms with van der Waals surface area (Å²) in [6, 6.07) is 14.9. The van der Waals surface area contributed by atoms with Gasteiger partial charge >= 0.3 is 0 Å². The number of ether oxygens (including phenoxy) is 2. The third-order valence-electron chi connectivity index (χ3n) is 5.40. The number of fused-ring (bicyclic) bond motifs is 4. The number of aromatic nitrogens is 1. The molecule has 3 heterocycles. The van der Waals surface area contributed by atoms with Crippen LogP contribution in [-0.2, 0) is 10.3 Å². The van der Waals surface area contributed by atoms with Crippen LogP contribution in [0.25, 0.3) is 11.1 Å². The third-order valence-corrected chi connectivity index (χ3v) is 5.40. The molecule has 2 aromatic carbocycles. The Morgan fingerprint density at radius 1 is 1.07 bits per heavy atom. The van der Waals surface area contributed by atoms with Crippen molar-refractivity contribution < 1.29 is 14.3 Å². The van der Waals surface area contributed by atoms with Crippen LogP contribution in [0.5, 0.6) is 17.2 Å². The minimum Gasteiger partial charge on any atom is -0.497 e. The van der Waals surface area contributed by atoms with Crippen molar-refractivity contribution >= 4 is 11.9 Å². The zero-order valence-electron chi connectivity index (χ0n) is 15.9. The second-order valence-electron chi connectivity index (χ2n) is 6.96. The van der Waals surface area contributed by atoms with E-state index in [-0.39, 0.29) is 11.9 Å². The van der Waals surface area contributed by atoms with Crippen LogP contribution >= 0.6 is 0 Å². The summed E-state index contributed by atoms with van der Waals surface area (Å²) in [5.74, 6) is 1.64. The number of benzene rings is 2. The number of rotatable bonds is 2. The molecule has 0 saturated carbocycles. The quantitative estimate of drug-likeness (QED) is 0.731. The molecule has 0 saturated heterocycles. The largest absolute Gasteiger partial charge is 0.497 e. The Morgan fingerprint density at radius 3 is 2.48 bits per heavy atom. The van der Waals surface area contributed by atoms with Gasteiger partial charge in [0.25, 0.3) is 5.91 Å². The lowest BCUT2D eigenvalue weighted by atomic mass is 9.79. The molecule has 1 unspecified atom stereocenters. The first-order valence-corrected chi connectivity index (χ1v) is 9.09. The molecule has 1 atom stereocenters. The number of methoxy groups -OCH3 is 1. The van der Waals surface area contributed by atoms with Crippen molar-refractivity contribution in [2.24, 2.45) is 10.7 Å². The minimum atomic E-state index is -1.32. The highest BCUT2D eigenvalue weighted by molar-refractivity contribution is 6.10. The average Bonchev–Trinajstić information content (AvgIpc) is 2.99. The Morgan fingerprint density at radius 2 is 1.83 bits per heavy atom. The normalized spacial score (nSPS) is 19.4. The number of likely N-dealkylation sites (N-methyl/N-ethyl adjacent to an activating group) is 1. The third kappa shape index (κ3) is 2.34. The number of nitrogens with zero attached hydrogens (tertiary/aromatic N) is 3. The van der Waals surface area contributed by atoms with Crippen molar-refractivity contribution in [3.63, 3.8) is 0 Å². The molecule has 0 bridgehead atoms. The summed E-state index contributed by atoms with van der Waals surface area (Å²) in [6.07, 6.45) is 3.49. The molecule has 1 spiro atoms. The molecular formula is C22H18N4O3. The summed E-state index contributed by atoms with van der Waals surface area (Å²) in [7, 11) is 3.20. The Balaban J connectivity index is 1.80. The van der Waals surface area contributed by atoms with Gasteiger partial charge in [0.15, 0.2) is 5.96 Å². The van der Waals surface area contributed by atoms with E-state index in [0.717, 1.165) is 11.1 Å². The van der Waals surface area contributed by atoms with Gasteiger partial charge in [0.05, 0.1) is 7.11 Å². The Labute approximate surface area is 167 Å². The molecule has 2 aliphatic heterocycles. The van der Waals surface area contributed by atoms with E-state index < -0.39 is 5.54 Å². The van der Waals surface area contributed by atoms with E-state index in [1.807, 2.05) is 30.3 Å². The van der Waals surface area contributed by atoms with E-state index >= 15 is 0 Å². The van der Waals surface area contributed by atoms with Gasteiger partial charge in [-0.25, -0.2) is 4.99 Å². The number of nitrogens with two attached hydrogens (primary N) is 1. The van der Waals surface area contributed by atoms with Gasteiger partial charge in [-0.1, -0.05) is 12.1 Å². The Hall–Kier alpha value is -3.87. The highest BCUT2D eigenvalue weighted by atomic mass is 16.5. The summed E-state index contributed by atoms with van der Waals surface area (Å²) < 4.78 is 11.5. The molecule has 144 valence electrons. The van der Waals surface area contributed by atoms with Crippen molar-refractivity contribution in [1.82, 2.24) is 9.88 Å². The number of pyridine rings is 1. The standard InChI is InChI=1S/C22H18N4O3/c1-26-20(27)22(25-21(26)23)16-10-13(14-4-3-9-24-12-14)5-7-18(16)29-19-8-6-15(28-2)11-17(19)22/h3-12H,1-2H3,(H2,23,25). The van der Waals surface area contributed by atoms with Crippen LogP contribution in [0.15, 0.2) is 65.9 Å². The van der Waals surface area contributed by atoms with Gasteiger partial charge in [0.1, 0.15) is 17.2 Å². The SMILES string of the molecule is COc1ccc2c(c1)C1(N=C(N)N(C)C1=O)c1cc(-c3cccnc3)ccc1O2. The summed E-state index contributed by atoms with van der Waals surface area (Å²) in [5.41, 5.74) is 7.83. The van der Waals surface area contributed by atoms with Gasteiger partial charge in [0, 0.05) is 36.1 Å². The molecule has 2 N–H and O–H groups in total. The molecule has 0 radical (unpaired) electrons. The first-order valence-electron chi connectivity index (χ1n) is 9.09. The predicted molar refractivity (Wildman–Crippen MR) is 108 cm³/mol. The minimum absolute atomic E-state index is 0.156. The van der Waals surface area contributed by atoms with Gasteiger partial charge in [-0.15, -0.1) is 0 Å². The van der Waals surface area contributed by atoms with Gasteiger partial charge in [-0.2, -0.15) is 0 Å². The highest BCUT2D eigenvalue weighted by Gasteiger charge is 2.54. The van der Waals surface area contributed by atoms with Crippen molar-refractivity contribution in [1.29, 1.82) is 0 Å². The first kappa shape index (κ1) is 17.2. The average molecular weight is 386 g/mol. The number of hydrogen-bond donors (Lipinski definition) is 1. The van der Waals surface area contributed by atoms with Crippen LogP contribution in [0.1, 0.15) is 11.1 Å². The van der Waals surface area contributed by atoms with Crippen LogP contribution in [0.3, 0.4) is 0 Å². The summed E-state index contributed by atoms with van der Waals surface area (Å²) in [5, 5.41) is 0. The molecule has 1 aromatic heterocycles. The number of hydrogen-bond acceptors (Lipinski definition) is 6. The zero-order valence-corrected chi connectivity index (χ0v) is 15.9. The zero-order chi connectivity index (χ0) is 20.2. The van der Waals surface area contributed by atoms with E-state index in [1.165, 1.54) is 4.90 Å². The number of carbonyl (C=O) groups excluding carboxylic acids is 1. The predicted octanol–water partition coefficient (Wildman–Crippen LogP) is 2.89. The van der Waals surface area contributed by atoms with E-state index in [9.17, 15) is 4.79 Å². The molecule has 5 rings (SSSR count). The fourth-order valence-corrected chi connectivity index (χ4v) is 3.88. The second kappa shape index (κ2) is 6.07. The van der Waals surface area contributed by atoms with Crippen LogP contribution in [0.2, 0.25) is 0 Å².